The minimum atomic E-state index is -0.719. The van der Waals surface area contributed by atoms with Crippen molar-refractivity contribution in [2.75, 3.05) is 0 Å². The first kappa shape index (κ1) is 13.2. The maximum absolute atomic E-state index is 11.9. The van der Waals surface area contributed by atoms with E-state index >= 15 is 0 Å². The van der Waals surface area contributed by atoms with Crippen molar-refractivity contribution in [2.24, 2.45) is 5.41 Å². The molecule has 19 heavy (non-hydrogen) atoms. The van der Waals surface area contributed by atoms with Gasteiger partial charge in [-0.15, -0.1) is 0 Å². The fourth-order valence-electron chi connectivity index (χ4n) is 1.90. The molecule has 102 valence electrons. The van der Waals surface area contributed by atoms with Crippen molar-refractivity contribution in [1.82, 2.24) is 9.97 Å². The third kappa shape index (κ3) is 2.47. The van der Waals surface area contributed by atoms with E-state index in [9.17, 15) is 20.1 Å². The molecule has 0 aliphatic carbocycles. The highest BCUT2D eigenvalue weighted by atomic mass is 16.3. The Kier molecular flexibility index (Phi) is 2.88. The summed E-state index contributed by atoms with van der Waals surface area (Å²) in [6.45, 7) is 6.01. The number of phenolic OH excluding ortho intramolecular Hbond substituents is 3. The fourth-order valence-corrected chi connectivity index (χ4v) is 1.90. The van der Waals surface area contributed by atoms with E-state index in [1.807, 2.05) is 20.8 Å². The molecule has 2 rings (SSSR count). The second-order valence-electron chi connectivity index (χ2n) is 5.74. The number of nitrogens with one attached hydrogen (secondary N) is 1. The number of hydrogen-bond donors (Lipinski definition) is 4. The van der Waals surface area contributed by atoms with Crippen molar-refractivity contribution < 1.29 is 15.3 Å². The molecule has 6 heteroatoms. The monoisotopic (exact) mass is 264 g/mol. The first-order chi connectivity index (χ1) is 8.69. The van der Waals surface area contributed by atoms with Crippen LogP contribution in [0.4, 0.5) is 0 Å². The van der Waals surface area contributed by atoms with Crippen molar-refractivity contribution in [3.8, 4) is 17.2 Å². The Bertz CT molecular complexity index is 698. The van der Waals surface area contributed by atoms with E-state index in [1.54, 1.807) is 0 Å². The number of fused-ring (bicyclic) bond motifs is 1. The molecule has 1 heterocycles. The Morgan fingerprint density at radius 3 is 2.42 bits per heavy atom. The van der Waals surface area contributed by atoms with Crippen molar-refractivity contribution in [3.63, 3.8) is 0 Å². The highest BCUT2D eigenvalue weighted by Gasteiger charge is 2.18. The summed E-state index contributed by atoms with van der Waals surface area (Å²) in [5.41, 5.74) is -0.460. The van der Waals surface area contributed by atoms with Gasteiger partial charge in [0.2, 0.25) is 5.75 Å². The van der Waals surface area contributed by atoms with E-state index in [1.165, 1.54) is 0 Å². The molecular formula is C13H16N2O4. The Hall–Kier alpha value is -2.24. The van der Waals surface area contributed by atoms with E-state index in [-0.39, 0.29) is 16.3 Å². The molecule has 0 saturated heterocycles. The van der Waals surface area contributed by atoms with Crippen LogP contribution in [0.15, 0.2) is 10.9 Å². The van der Waals surface area contributed by atoms with Gasteiger partial charge in [-0.1, -0.05) is 20.8 Å². The average molecular weight is 264 g/mol. The zero-order chi connectivity index (χ0) is 14.4. The summed E-state index contributed by atoms with van der Waals surface area (Å²) in [5, 5.41) is 28.4. The van der Waals surface area contributed by atoms with Crippen molar-refractivity contribution >= 4 is 10.9 Å². The lowest BCUT2D eigenvalue weighted by Gasteiger charge is -2.17. The summed E-state index contributed by atoms with van der Waals surface area (Å²) < 4.78 is 0. The lowest BCUT2D eigenvalue weighted by Crippen LogP contribution is -2.17. The maximum Gasteiger partial charge on any atom is 0.262 e. The van der Waals surface area contributed by atoms with Gasteiger partial charge in [-0.05, 0) is 5.41 Å². The SMILES string of the molecule is CC(C)(C)Cc1nc2cc(O)c(O)c(O)c2c(=O)[nH]1. The first-order valence-electron chi connectivity index (χ1n) is 5.86. The van der Waals surface area contributed by atoms with Crippen LogP contribution in [0, 0.1) is 5.41 Å². The number of hydrogen-bond acceptors (Lipinski definition) is 5. The molecule has 0 radical (unpaired) electrons. The quantitative estimate of drug-likeness (QED) is 0.586. The van der Waals surface area contributed by atoms with Gasteiger partial charge in [0.1, 0.15) is 11.2 Å². The van der Waals surface area contributed by atoms with Gasteiger partial charge in [0.25, 0.3) is 5.56 Å². The van der Waals surface area contributed by atoms with E-state index in [2.05, 4.69) is 9.97 Å². The third-order valence-electron chi connectivity index (χ3n) is 2.67. The van der Waals surface area contributed by atoms with Gasteiger partial charge in [-0.2, -0.15) is 0 Å². The molecule has 0 aliphatic heterocycles. The summed E-state index contributed by atoms with van der Waals surface area (Å²) >= 11 is 0. The van der Waals surface area contributed by atoms with Crippen molar-refractivity contribution in [1.29, 1.82) is 0 Å². The normalized spacial score (nSPS) is 11.9. The molecule has 0 bridgehead atoms. The minimum Gasteiger partial charge on any atom is -0.504 e. The second-order valence-corrected chi connectivity index (χ2v) is 5.74. The zero-order valence-electron chi connectivity index (χ0n) is 11.0. The molecule has 0 spiro atoms. The van der Waals surface area contributed by atoms with Crippen LogP contribution in [0.5, 0.6) is 17.2 Å². The second kappa shape index (κ2) is 4.15. The Balaban J connectivity index is 2.71. The van der Waals surface area contributed by atoms with E-state index in [0.29, 0.717) is 12.2 Å². The van der Waals surface area contributed by atoms with Crippen molar-refractivity contribution in [3.05, 3.63) is 22.2 Å². The average Bonchev–Trinajstić information content (AvgIpc) is 2.22. The molecule has 6 nitrogen and oxygen atoms in total. The van der Waals surface area contributed by atoms with Crippen molar-refractivity contribution in [2.45, 2.75) is 27.2 Å². The molecule has 0 amide bonds. The summed E-state index contributed by atoms with van der Waals surface area (Å²) in [6, 6.07) is 1.16. The number of aromatic amines is 1. The molecular weight excluding hydrogens is 248 g/mol. The van der Waals surface area contributed by atoms with Gasteiger partial charge in [-0.3, -0.25) is 4.79 Å². The molecule has 0 saturated carbocycles. The summed E-state index contributed by atoms with van der Waals surface area (Å²) in [4.78, 5) is 18.7. The van der Waals surface area contributed by atoms with Crippen LogP contribution in [0.1, 0.15) is 26.6 Å². The molecule has 2 aromatic rings. The molecule has 0 aliphatic rings. The number of aromatic nitrogens is 2. The Morgan fingerprint density at radius 2 is 1.84 bits per heavy atom. The molecule has 1 aromatic carbocycles. The summed E-state index contributed by atoms with van der Waals surface area (Å²) in [7, 11) is 0. The number of rotatable bonds is 1. The number of aromatic hydroxyl groups is 3. The topological polar surface area (TPSA) is 106 Å². The van der Waals surface area contributed by atoms with Crippen LogP contribution in [-0.4, -0.2) is 25.3 Å². The minimum absolute atomic E-state index is 0.0649. The van der Waals surface area contributed by atoms with Gasteiger partial charge >= 0.3 is 0 Å². The van der Waals surface area contributed by atoms with Crippen LogP contribution < -0.4 is 5.56 Å². The summed E-state index contributed by atoms with van der Waals surface area (Å²) in [5.74, 6) is -1.42. The highest BCUT2D eigenvalue weighted by molar-refractivity contribution is 5.88. The van der Waals surface area contributed by atoms with E-state index in [0.717, 1.165) is 6.07 Å². The first-order valence-corrected chi connectivity index (χ1v) is 5.86. The van der Waals surface area contributed by atoms with Crippen LogP contribution in [0.3, 0.4) is 0 Å². The van der Waals surface area contributed by atoms with Gasteiger partial charge < -0.3 is 20.3 Å². The Labute approximate surface area is 109 Å². The number of phenols is 3. The van der Waals surface area contributed by atoms with Gasteiger partial charge in [0.15, 0.2) is 11.5 Å². The van der Waals surface area contributed by atoms with Gasteiger partial charge in [0.05, 0.1) is 5.52 Å². The molecule has 0 fully saturated rings. The van der Waals surface area contributed by atoms with Crippen LogP contribution >= 0.6 is 0 Å². The van der Waals surface area contributed by atoms with E-state index in [4.69, 9.17) is 0 Å². The lowest BCUT2D eigenvalue weighted by molar-refractivity contribution is 0.371. The highest BCUT2D eigenvalue weighted by Crippen LogP contribution is 2.38. The smallest absolute Gasteiger partial charge is 0.262 e. The van der Waals surface area contributed by atoms with E-state index < -0.39 is 22.8 Å². The standard InChI is InChI=1S/C13H16N2O4/c1-13(2,3)5-8-14-6-4-7(16)10(17)11(18)9(6)12(19)15-8/h4,16-18H,5H2,1-3H3,(H,14,15,19). The molecule has 1 aromatic heterocycles. The zero-order valence-corrected chi connectivity index (χ0v) is 11.0. The lowest BCUT2D eigenvalue weighted by atomic mass is 9.92. The summed E-state index contributed by atoms with van der Waals surface area (Å²) in [6.07, 6.45) is 0.542. The van der Waals surface area contributed by atoms with Gasteiger partial charge in [0, 0.05) is 12.5 Å². The third-order valence-corrected chi connectivity index (χ3v) is 2.67. The molecule has 4 N–H and O–H groups in total. The predicted octanol–water partition coefficient (Wildman–Crippen LogP) is 1.63. The fraction of sp³-hybridized carbons (Fsp3) is 0.385. The largest absolute Gasteiger partial charge is 0.504 e. The Morgan fingerprint density at radius 1 is 1.21 bits per heavy atom. The molecule has 0 unspecified atom stereocenters. The number of benzene rings is 1. The predicted molar refractivity (Wildman–Crippen MR) is 70.5 cm³/mol. The maximum atomic E-state index is 11.9. The number of H-pyrrole nitrogens is 1. The van der Waals surface area contributed by atoms with Gasteiger partial charge in [-0.25, -0.2) is 4.98 Å². The van der Waals surface area contributed by atoms with Crippen LogP contribution in [0.25, 0.3) is 10.9 Å². The van der Waals surface area contributed by atoms with Crippen LogP contribution in [-0.2, 0) is 6.42 Å². The van der Waals surface area contributed by atoms with Crippen LogP contribution in [0.2, 0.25) is 0 Å². The molecule has 0 atom stereocenters. The number of nitrogens with zero attached hydrogens (tertiary/aromatic N) is 1.